The first-order valence-corrected chi connectivity index (χ1v) is 6.73. The first-order chi connectivity index (χ1) is 7.93. The average Bonchev–Trinajstić information content (AvgIpc) is 2.11. The van der Waals surface area contributed by atoms with Crippen molar-refractivity contribution < 1.29 is 26.3 Å². The Hall–Kier alpha value is -0.920. The Morgan fingerprint density at radius 1 is 1.33 bits per heavy atom. The molecule has 0 aliphatic heterocycles. The highest BCUT2D eigenvalue weighted by atomic mass is 32.3. The van der Waals surface area contributed by atoms with Crippen molar-refractivity contribution >= 4 is 16.4 Å². The van der Waals surface area contributed by atoms with E-state index in [4.69, 9.17) is 8.92 Å². The van der Waals surface area contributed by atoms with Gasteiger partial charge in [-0.15, -0.1) is 0 Å². The maximum Gasteiger partial charge on any atom is 0.400 e. The highest BCUT2D eigenvalue weighted by Gasteiger charge is 2.24. The molecule has 1 unspecified atom stereocenters. The van der Waals surface area contributed by atoms with Crippen LogP contribution in [0.15, 0.2) is 12.2 Å². The van der Waals surface area contributed by atoms with Crippen molar-refractivity contribution in [3.05, 3.63) is 12.2 Å². The summed E-state index contributed by atoms with van der Waals surface area (Å²) in [6.07, 6.45) is -0.715. The third kappa shape index (κ3) is 8.21. The number of carbonyl (C=O) groups is 1. The topological polar surface area (TPSA) is 78.9 Å². The van der Waals surface area contributed by atoms with Crippen LogP contribution in [0.4, 0.5) is 0 Å². The van der Waals surface area contributed by atoms with E-state index in [9.17, 15) is 13.2 Å². The van der Waals surface area contributed by atoms with Crippen LogP contribution in [0.3, 0.4) is 0 Å². The number of hydrogen-bond donors (Lipinski definition) is 0. The van der Waals surface area contributed by atoms with Crippen molar-refractivity contribution in [3.8, 4) is 0 Å². The summed E-state index contributed by atoms with van der Waals surface area (Å²) in [6.45, 7) is 10.8. The van der Waals surface area contributed by atoms with Gasteiger partial charge < -0.3 is 4.74 Å². The first-order valence-electron chi connectivity index (χ1n) is 5.39. The summed E-state index contributed by atoms with van der Waals surface area (Å²) >= 11 is 0. The highest BCUT2D eigenvalue weighted by Crippen LogP contribution is 2.13. The predicted octanol–water partition coefficient (Wildman–Crippen LogP) is 1.57. The predicted molar refractivity (Wildman–Crippen MR) is 66.1 cm³/mol. The van der Waals surface area contributed by atoms with Crippen LogP contribution in [-0.2, 0) is 28.3 Å². The molecule has 0 heterocycles. The van der Waals surface area contributed by atoms with Gasteiger partial charge in [0.1, 0.15) is 12.7 Å². The van der Waals surface area contributed by atoms with Crippen molar-refractivity contribution in [2.75, 3.05) is 6.61 Å². The van der Waals surface area contributed by atoms with Gasteiger partial charge in [0.05, 0.1) is 5.60 Å². The van der Waals surface area contributed by atoms with E-state index < -0.39 is 28.1 Å². The minimum absolute atomic E-state index is 0.232. The monoisotopic (exact) mass is 280 g/mol. The van der Waals surface area contributed by atoms with E-state index in [1.54, 1.807) is 20.8 Å². The molecule has 0 spiro atoms. The molecule has 0 saturated carbocycles. The van der Waals surface area contributed by atoms with E-state index in [0.29, 0.717) is 0 Å². The Labute approximate surface area is 108 Å². The van der Waals surface area contributed by atoms with Crippen LogP contribution in [0.25, 0.3) is 0 Å². The quantitative estimate of drug-likeness (QED) is 0.543. The molecular formula is C11H20O6S. The van der Waals surface area contributed by atoms with Crippen molar-refractivity contribution in [3.63, 3.8) is 0 Å². The lowest BCUT2D eigenvalue weighted by atomic mass is 10.2. The van der Waals surface area contributed by atoms with Gasteiger partial charge >= 0.3 is 16.4 Å². The molecule has 0 radical (unpaired) electrons. The number of ether oxygens (including phenoxy) is 1. The maximum absolute atomic E-state index is 11.4. The second-order valence-corrected chi connectivity index (χ2v) is 6.10. The molecule has 0 saturated heterocycles. The van der Waals surface area contributed by atoms with Gasteiger partial charge in [-0.05, 0) is 34.6 Å². The SMILES string of the molecule is C=C(C)C(=O)OC(C)COS(=O)(=O)OC(C)(C)C. The molecule has 0 aliphatic rings. The third-order valence-corrected chi connectivity index (χ3v) is 2.58. The van der Waals surface area contributed by atoms with Crippen molar-refractivity contribution in [1.82, 2.24) is 0 Å². The summed E-state index contributed by atoms with van der Waals surface area (Å²) in [5.74, 6) is -0.597. The van der Waals surface area contributed by atoms with Gasteiger partial charge in [-0.3, -0.25) is 0 Å². The molecule has 0 fully saturated rings. The molecule has 0 aliphatic carbocycles. The summed E-state index contributed by atoms with van der Waals surface area (Å²) in [4.78, 5) is 11.1. The Balaban J connectivity index is 4.25. The van der Waals surface area contributed by atoms with E-state index in [-0.39, 0.29) is 12.2 Å². The number of carbonyl (C=O) groups excluding carboxylic acids is 1. The number of rotatable bonds is 6. The van der Waals surface area contributed by atoms with Crippen molar-refractivity contribution in [1.29, 1.82) is 0 Å². The van der Waals surface area contributed by atoms with Crippen LogP contribution < -0.4 is 0 Å². The van der Waals surface area contributed by atoms with Gasteiger partial charge in [-0.2, -0.15) is 8.42 Å². The summed E-state index contributed by atoms with van der Waals surface area (Å²) in [7, 11) is -4.10. The number of esters is 1. The van der Waals surface area contributed by atoms with Gasteiger partial charge in [0, 0.05) is 5.57 Å². The highest BCUT2D eigenvalue weighted by molar-refractivity contribution is 7.81. The van der Waals surface area contributed by atoms with Crippen LogP contribution in [0.2, 0.25) is 0 Å². The van der Waals surface area contributed by atoms with Crippen LogP contribution in [0, 0.1) is 0 Å². The van der Waals surface area contributed by atoms with Gasteiger partial charge in [0.2, 0.25) is 0 Å². The molecule has 106 valence electrons. The van der Waals surface area contributed by atoms with Crippen LogP contribution in [0.1, 0.15) is 34.6 Å². The molecule has 6 nitrogen and oxygen atoms in total. The third-order valence-electron chi connectivity index (χ3n) is 1.46. The van der Waals surface area contributed by atoms with Crippen LogP contribution in [0.5, 0.6) is 0 Å². The normalized spacial score (nSPS) is 14.1. The lowest BCUT2D eigenvalue weighted by Gasteiger charge is -2.19. The second kappa shape index (κ2) is 6.31. The molecule has 1 atom stereocenters. The molecular weight excluding hydrogens is 260 g/mol. The summed E-state index contributed by atoms with van der Waals surface area (Å²) in [5.41, 5.74) is -0.646. The minimum atomic E-state index is -4.10. The van der Waals surface area contributed by atoms with Crippen molar-refractivity contribution in [2.45, 2.75) is 46.3 Å². The minimum Gasteiger partial charge on any atom is -0.457 e. The molecule has 0 aromatic carbocycles. The molecule has 0 aromatic heterocycles. The lowest BCUT2D eigenvalue weighted by Crippen LogP contribution is -2.28. The molecule has 18 heavy (non-hydrogen) atoms. The molecule has 0 rings (SSSR count). The van der Waals surface area contributed by atoms with Gasteiger partial charge in [-0.25, -0.2) is 13.2 Å². The Kier molecular flexibility index (Phi) is 5.98. The fourth-order valence-electron chi connectivity index (χ4n) is 0.827. The van der Waals surface area contributed by atoms with Gasteiger partial charge in [0.25, 0.3) is 0 Å². The fourth-order valence-corrected chi connectivity index (χ4v) is 1.85. The fraction of sp³-hybridized carbons (Fsp3) is 0.727. The largest absolute Gasteiger partial charge is 0.457 e. The van der Waals surface area contributed by atoms with Crippen molar-refractivity contribution in [2.24, 2.45) is 0 Å². The van der Waals surface area contributed by atoms with Crippen LogP contribution >= 0.6 is 0 Å². The zero-order valence-electron chi connectivity index (χ0n) is 11.3. The Morgan fingerprint density at radius 3 is 2.22 bits per heavy atom. The van der Waals surface area contributed by atoms with E-state index in [0.717, 1.165) is 0 Å². The standard InChI is InChI=1S/C11H20O6S/c1-8(2)10(12)16-9(3)7-15-18(13,14)17-11(4,5)6/h9H,1,7H2,2-6H3. The zero-order valence-corrected chi connectivity index (χ0v) is 12.2. The second-order valence-electron chi connectivity index (χ2n) is 4.88. The molecule has 0 bridgehead atoms. The first kappa shape index (κ1) is 17.1. The van der Waals surface area contributed by atoms with E-state index >= 15 is 0 Å². The molecule has 0 aromatic rings. The smallest absolute Gasteiger partial charge is 0.400 e. The lowest BCUT2D eigenvalue weighted by molar-refractivity contribution is -0.144. The Morgan fingerprint density at radius 2 is 1.83 bits per heavy atom. The zero-order chi connectivity index (χ0) is 14.6. The van der Waals surface area contributed by atoms with E-state index in [2.05, 4.69) is 10.8 Å². The molecule has 7 heteroatoms. The van der Waals surface area contributed by atoms with E-state index in [1.807, 2.05) is 0 Å². The average molecular weight is 280 g/mol. The number of hydrogen-bond acceptors (Lipinski definition) is 6. The summed E-state index contributed by atoms with van der Waals surface area (Å²) < 4.78 is 36.9. The van der Waals surface area contributed by atoms with E-state index in [1.165, 1.54) is 13.8 Å². The molecule has 0 N–H and O–H groups in total. The van der Waals surface area contributed by atoms with Gasteiger partial charge in [0.15, 0.2) is 0 Å². The molecule has 0 amide bonds. The van der Waals surface area contributed by atoms with Crippen LogP contribution in [-0.4, -0.2) is 32.7 Å². The van der Waals surface area contributed by atoms with Gasteiger partial charge in [-0.1, -0.05) is 6.58 Å². The maximum atomic E-state index is 11.4. The Bertz CT molecular complexity index is 404. The summed E-state index contributed by atoms with van der Waals surface area (Å²) in [6, 6.07) is 0. The summed E-state index contributed by atoms with van der Waals surface area (Å²) in [5, 5.41) is 0.